The number of nitrogens with one attached hydrogen (secondary N) is 2. The van der Waals surface area contributed by atoms with Crippen molar-refractivity contribution in [2.24, 2.45) is 7.05 Å². The molecule has 0 atom stereocenters. The van der Waals surface area contributed by atoms with Crippen molar-refractivity contribution in [3.63, 3.8) is 0 Å². The Bertz CT molecular complexity index is 761. The normalized spacial score (nSPS) is 10.6. The Morgan fingerprint density at radius 1 is 1.33 bits per heavy atom. The van der Waals surface area contributed by atoms with E-state index in [1.54, 1.807) is 10.6 Å². The molecule has 1 aromatic carbocycles. The lowest BCUT2D eigenvalue weighted by molar-refractivity contribution is 0.101. The van der Waals surface area contributed by atoms with Crippen LogP contribution in [0.2, 0.25) is 0 Å². The first-order chi connectivity index (χ1) is 10.1. The van der Waals surface area contributed by atoms with E-state index in [1.807, 2.05) is 37.5 Å². The standard InChI is InChI=1S/C14H12BrN5O/c1-20-7-10(15)6-12(20)14(21)18-11-4-2-9(3-5-11)13-16-8-17-19-13/h2-8H,1H3,(H,18,21)(H,16,17,19). The van der Waals surface area contributed by atoms with Crippen molar-refractivity contribution in [3.8, 4) is 11.4 Å². The molecule has 0 fully saturated rings. The van der Waals surface area contributed by atoms with Gasteiger partial charge in [0.1, 0.15) is 12.0 Å². The number of aromatic nitrogens is 4. The molecule has 0 bridgehead atoms. The van der Waals surface area contributed by atoms with E-state index in [9.17, 15) is 4.79 Å². The first-order valence-corrected chi connectivity index (χ1v) is 7.02. The molecule has 0 radical (unpaired) electrons. The predicted octanol–water partition coefficient (Wildman–Crippen LogP) is 2.83. The summed E-state index contributed by atoms with van der Waals surface area (Å²) < 4.78 is 2.64. The smallest absolute Gasteiger partial charge is 0.272 e. The number of carbonyl (C=O) groups is 1. The number of nitrogens with zero attached hydrogens (tertiary/aromatic N) is 3. The molecule has 21 heavy (non-hydrogen) atoms. The van der Waals surface area contributed by atoms with Crippen LogP contribution in [0.5, 0.6) is 0 Å². The van der Waals surface area contributed by atoms with Gasteiger partial charge in [-0.1, -0.05) is 0 Å². The van der Waals surface area contributed by atoms with E-state index < -0.39 is 0 Å². The average Bonchev–Trinajstić information content (AvgIpc) is 3.09. The molecule has 0 saturated heterocycles. The summed E-state index contributed by atoms with van der Waals surface area (Å²) in [5, 5.41) is 9.46. The number of hydrogen-bond acceptors (Lipinski definition) is 3. The van der Waals surface area contributed by atoms with Crippen LogP contribution in [0.1, 0.15) is 10.5 Å². The second kappa shape index (κ2) is 5.53. The van der Waals surface area contributed by atoms with Crippen LogP contribution >= 0.6 is 15.9 Å². The third kappa shape index (κ3) is 2.87. The maximum absolute atomic E-state index is 12.2. The van der Waals surface area contributed by atoms with Gasteiger partial charge >= 0.3 is 0 Å². The number of aryl methyl sites for hydroxylation is 1. The molecule has 3 rings (SSSR count). The average molecular weight is 346 g/mol. The zero-order valence-electron chi connectivity index (χ0n) is 11.2. The lowest BCUT2D eigenvalue weighted by Crippen LogP contribution is -2.15. The zero-order chi connectivity index (χ0) is 14.8. The summed E-state index contributed by atoms with van der Waals surface area (Å²) >= 11 is 3.35. The van der Waals surface area contributed by atoms with Gasteiger partial charge in [-0.15, -0.1) is 0 Å². The highest BCUT2D eigenvalue weighted by Gasteiger charge is 2.11. The SMILES string of the molecule is Cn1cc(Br)cc1C(=O)Nc1ccc(-c2ncn[nH]2)cc1. The van der Waals surface area contributed by atoms with Crippen LogP contribution in [0.15, 0.2) is 47.3 Å². The Balaban J connectivity index is 1.76. The summed E-state index contributed by atoms with van der Waals surface area (Å²) in [7, 11) is 1.83. The van der Waals surface area contributed by atoms with Gasteiger partial charge in [0.05, 0.1) is 0 Å². The van der Waals surface area contributed by atoms with Crippen LogP contribution in [0.3, 0.4) is 0 Å². The zero-order valence-corrected chi connectivity index (χ0v) is 12.8. The molecule has 2 aromatic heterocycles. The predicted molar refractivity (Wildman–Crippen MR) is 82.9 cm³/mol. The van der Waals surface area contributed by atoms with Crippen molar-refractivity contribution >= 4 is 27.5 Å². The number of hydrogen-bond donors (Lipinski definition) is 2. The summed E-state index contributed by atoms with van der Waals surface area (Å²) in [6.07, 6.45) is 3.29. The van der Waals surface area contributed by atoms with Crippen LogP contribution in [-0.2, 0) is 7.05 Å². The monoisotopic (exact) mass is 345 g/mol. The quantitative estimate of drug-likeness (QED) is 0.766. The van der Waals surface area contributed by atoms with Crippen molar-refractivity contribution in [1.29, 1.82) is 0 Å². The lowest BCUT2D eigenvalue weighted by atomic mass is 10.2. The minimum absolute atomic E-state index is 0.157. The Labute approximate surface area is 129 Å². The van der Waals surface area contributed by atoms with E-state index in [0.29, 0.717) is 11.5 Å². The molecule has 6 nitrogen and oxygen atoms in total. The fourth-order valence-corrected chi connectivity index (χ4v) is 2.53. The number of rotatable bonds is 3. The number of carbonyl (C=O) groups excluding carboxylic acids is 1. The molecule has 3 aromatic rings. The number of H-pyrrole nitrogens is 1. The van der Waals surface area contributed by atoms with Gasteiger partial charge in [0.25, 0.3) is 5.91 Å². The molecule has 0 aliphatic heterocycles. The minimum atomic E-state index is -0.157. The number of aromatic amines is 1. The van der Waals surface area contributed by atoms with Gasteiger partial charge in [-0.25, -0.2) is 4.98 Å². The third-order valence-corrected chi connectivity index (χ3v) is 3.47. The van der Waals surface area contributed by atoms with E-state index in [1.165, 1.54) is 6.33 Å². The molecular weight excluding hydrogens is 334 g/mol. The molecule has 0 saturated carbocycles. The summed E-state index contributed by atoms with van der Waals surface area (Å²) in [4.78, 5) is 16.3. The molecule has 0 spiro atoms. The van der Waals surface area contributed by atoms with Crippen molar-refractivity contribution in [2.75, 3.05) is 5.32 Å². The van der Waals surface area contributed by atoms with Gasteiger partial charge in [0.15, 0.2) is 5.82 Å². The van der Waals surface area contributed by atoms with E-state index in [4.69, 9.17) is 0 Å². The van der Waals surface area contributed by atoms with E-state index in [-0.39, 0.29) is 5.91 Å². The summed E-state index contributed by atoms with van der Waals surface area (Å²) in [6.45, 7) is 0. The summed E-state index contributed by atoms with van der Waals surface area (Å²) in [5.41, 5.74) is 2.22. The molecule has 1 amide bonds. The van der Waals surface area contributed by atoms with Crippen molar-refractivity contribution < 1.29 is 4.79 Å². The highest BCUT2D eigenvalue weighted by molar-refractivity contribution is 9.10. The fourth-order valence-electron chi connectivity index (χ4n) is 2.00. The molecule has 106 valence electrons. The summed E-state index contributed by atoms with van der Waals surface area (Å²) in [5.74, 6) is 0.537. The van der Waals surface area contributed by atoms with Crippen molar-refractivity contribution in [1.82, 2.24) is 19.7 Å². The van der Waals surface area contributed by atoms with E-state index in [0.717, 1.165) is 15.7 Å². The van der Waals surface area contributed by atoms with E-state index >= 15 is 0 Å². The van der Waals surface area contributed by atoms with Crippen molar-refractivity contribution in [3.05, 3.63) is 53.0 Å². The van der Waals surface area contributed by atoms with Crippen LogP contribution in [0, 0.1) is 0 Å². The highest BCUT2D eigenvalue weighted by atomic mass is 79.9. The first-order valence-electron chi connectivity index (χ1n) is 6.22. The van der Waals surface area contributed by atoms with Gasteiger partial charge in [0.2, 0.25) is 0 Å². The molecule has 0 aliphatic carbocycles. The highest BCUT2D eigenvalue weighted by Crippen LogP contribution is 2.19. The molecule has 0 aliphatic rings. The van der Waals surface area contributed by atoms with Gasteiger partial charge in [0, 0.05) is 29.0 Å². The van der Waals surface area contributed by atoms with Gasteiger partial charge in [-0.05, 0) is 46.3 Å². The van der Waals surface area contributed by atoms with Crippen LogP contribution < -0.4 is 5.32 Å². The van der Waals surface area contributed by atoms with Crippen LogP contribution in [-0.4, -0.2) is 25.7 Å². The van der Waals surface area contributed by atoms with Crippen LogP contribution in [0.25, 0.3) is 11.4 Å². The maximum Gasteiger partial charge on any atom is 0.272 e. The molecular formula is C14H12BrN5O. The number of benzene rings is 1. The Kier molecular flexibility index (Phi) is 3.57. The Morgan fingerprint density at radius 2 is 2.10 bits per heavy atom. The topological polar surface area (TPSA) is 75.6 Å². The van der Waals surface area contributed by atoms with Crippen molar-refractivity contribution in [2.45, 2.75) is 0 Å². The molecule has 0 unspecified atom stereocenters. The van der Waals surface area contributed by atoms with Gasteiger partial charge in [-0.2, -0.15) is 5.10 Å². The Hall–Kier alpha value is -2.41. The number of anilines is 1. The largest absolute Gasteiger partial charge is 0.345 e. The lowest BCUT2D eigenvalue weighted by Gasteiger charge is -2.06. The molecule has 7 heteroatoms. The number of halogens is 1. The van der Waals surface area contributed by atoms with Crippen LogP contribution in [0.4, 0.5) is 5.69 Å². The third-order valence-electron chi connectivity index (χ3n) is 3.04. The number of amides is 1. The molecule has 2 heterocycles. The minimum Gasteiger partial charge on any atom is -0.345 e. The van der Waals surface area contributed by atoms with Gasteiger partial charge < -0.3 is 9.88 Å². The Morgan fingerprint density at radius 3 is 2.67 bits per heavy atom. The first kappa shape index (κ1) is 13.6. The summed E-state index contributed by atoms with van der Waals surface area (Å²) in [6, 6.07) is 9.17. The second-order valence-electron chi connectivity index (χ2n) is 4.52. The fraction of sp³-hybridized carbons (Fsp3) is 0.0714. The molecule has 2 N–H and O–H groups in total. The van der Waals surface area contributed by atoms with Gasteiger partial charge in [-0.3, -0.25) is 9.89 Å². The second-order valence-corrected chi connectivity index (χ2v) is 5.44. The van der Waals surface area contributed by atoms with E-state index in [2.05, 4.69) is 36.4 Å². The maximum atomic E-state index is 12.2.